The number of fused-ring (bicyclic) bond motifs is 1. The lowest BCUT2D eigenvalue weighted by atomic mass is 10.1. The molecule has 140 valence electrons. The zero-order valence-electron chi connectivity index (χ0n) is 15.1. The van der Waals surface area contributed by atoms with Gasteiger partial charge in [-0.15, -0.1) is 0 Å². The van der Waals surface area contributed by atoms with Crippen LogP contribution in [0.1, 0.15) is 24.6 Å². The number of carbonyl (C=O) groups excluding carboxylic acids is 2. The average Bonchev–Trinajstić information content (AvgIpc) is 3.18. The Balaban J connectivity index is 1.76. The van der Waals surface area contributed by atoms with Crippen molar-refractivity contribution < 1.29 is 14.7 Å². The molecular weight excluding hydrogens is 334 g/mol. The number of nitrogens with one attached hydrogen (secondary N) is 2. The summed E-state index contributed by atoms with van der Waals surface area (Å²) in [7, 11) is 0. The van der Waals surface area contributed by atoms with Crippen LogP contribution in [-0.4, -0.2) is 63.0 Å². The van der Waals surface area contributed by atoms with Gasteiger partial charge in [0.25, 0.3) is 0 Å². The first-order valence-electron chi connectivity index (χ1n) is 8.86. The van der Waals surface area contributed by atoms with E-state index in [4.69, 9.17) is 5.11 Å². The molecule has 2 atom stereocenters. The predicted octanol–water partition coefficient (Wildman–Crippen LogP) is -0.170. The molecule has 1 aliphatic rings. The van der Waals surface area contributed by atoms with Gasteiger partial charge in [-0.25, -0.2) is 4.98 Å². The third-order valence-electron chi connectivity index (χ3n) is 4.60. The van der Waals surface area contributed by atoms with Crippen molar-refractivity contribution in [2.45, 2.75) is 38.9 Å². The smallest absolute Gasteiger partial charge is 0.245 e. The van der Waals surface area contributed by atoms with Gasteiger partial charge < -0.3 is 20.1 Å². The molecule has 3 N–H and O–H groups in total. The number of likely N-dealkylation sites (tertiary alicyclic amines) is 1. The second-order valence-corrected chi connectivity index (χ2v) is 6.70. The van der Waals surface area contributed by atoms with Crippen LogP contribution in [0.5, 0.6) is 0 Å². The van der Waals surface area contributed by atoms with Gasteiger partial charge in [-0.05, 0) is 38.0 Å². The van der Waals surface area contributed by atoms with Gasteiger partial charge in [0.05, 0.1) is 11.7 Å². The molecule has 0 aromatic carbocycles. The fraction of sp³-hybridized carbons (Fsp3) is 0.500. The summed E-state index contributed by atoms with van der Waals surface area (Å²) in [6, 6.07) is 3.54. The third-order valence-corrected chi connectivity index (χ3v) is 4.60. The molecule has 0 aliphatic carbocycles. The number of carbonyl (C=O) groups is 2. The van der Waals surface area contributed by atoms with Crippen LogP contribution in [0.4, 0.5) is 0 Å². The van der Waals surface area contributed by atoms with E-state index < -0.39 is 12.5 Å². The number of hydrogen-bond acceptors (Lipinski definition) is 5. The van der Waals surface area contributed by atoms with Gasteiger partial charge in [0.2, 0.25) is 11.8 Å². The van der Waals surface area contributed by atoms with E-state index >= 15 is 0 Å². The predicted molar refractivity (Wildman–Crippen MR) is 96.4 cm³/mol. The van der Waals surface area contributed by atoms with Crippen molar-refractivity contribution in [1.82, 2.24) is 24.9 Å². The maximum atomic E-state index is 12.4. The van der Waals surface area contributed by atoms with Crippen LogP contribution in [0.2, 0.25) is 0 Å². The summed E-state index contributed by atoms with van der Waals surface area (Å²) in [5.41, 5.74) is 2.89. The van der Waals surface area contributed by atoms with Gasteiger partial charge in [0.1, 0.15) is 12.3 Å². The van der Waals surface area contributed by atoms with E-state index in [2.05, 4.69) is 15.6 Å². The number of nitrogens with zero attached hydrogens (tertiary/aromatic N) is 3. The second kappa shape index (κ2) is 7.84. The van der Waals surface area contributed by atoms with E-state index in [1.165, 1.54) is 0 Å². The molecule has 8 nitrogen and oxygen atoms in total. The van der Waals surface area contributed by atoms with Crippen molar-refractivity contribution >= 4 is 17.5 Å². The van der Waals surface area contributed by atoms with E-state index in [9.17, 15) is 9.59 Å². The Bertz CT molecular complexity index is 803. The lowest BCUT2D eigenvalue weighted by molar-refractivity contribution is -0.126. The van der Waals surface area contributed by atoms with Crippen molar-refractivity contribution in [1.29, 1.82) is 0 Å². The van der Waals surface area contributed by atoms with E-state index in [0.717, 1.165) is 16.9 Å². The second-order valence-electron chi connectivity index (χ2n) is 6.70. The Morgan fingerprint density at radius 1 is 1.42 bits per heavy atom. The number of pyridine rings is 1. The molecule has 8 heteroatoms. The number of aliphatic hydroxyl groups is 1. The van der Waals surface area contributed by atoms with E-state index in [0.29, 0.717) is 26.1 Å². The summed E-state index contributed by atoms with van der Waals surface area (Å²) in [5, 5.41) is 14.6. The molecule has 1 aliphatic heterocycles. The van der Waals surface area contributed by atoms with Crippen LogP contribution < -0.4 is 10.6 Å². The van der Waals surface area contributed by atoms with E-state index in [-0.39, 0.29) is 18.0 Å². The van der Waals surface area contributed by atoms with Crippen LogP contribution in [0.3, 0.4) is 0 Å². The van der Waals surface area contributed by atoms with E-state index in [1.54, 1.807) is 0 Å². The number of rotatable bonds is 6. The molecule has 2 amide bonds. The summed E-state index contributed by atoms with van der Waals surface area (Å²) >= 11 is 0. The Labute approximate surface area is 152 Å². The fourth-order valence-electron chi connectivity index (χ4n) is 3.44. The molecule has 3 heterocycles. The van der Waals surface area contributed by atoms with Gasteiger partial charge in [-0.3, -0.25) is 14.5 Å². The minimum Gasteiger partial charge on any atom is -0.387 e. The van der Waals surface area contributed by atoms with Crippen molar-refractivity contribution in [2.24, 2.45) is 0 Å². The maximum Gasteiger partial charge on any atom is 0.245 e. The number of amides is 2. The summed E-state index contributed by atoms with van der Waals surface area (Å²) in [6.07, 6.45) is 4.45. The first-order chi connectivity index (χ1) is 12.5. The maximum absolute atomic E-state index is 12.4. The van der Waals surface area contributed by atoms with Gasteiger partial charge in [-0.2, -0.15) is 0 Å². The Morgan fingerprint density at radius 2 is 2.23 bits per heavy atom. The Hall–Kier alpha value is -2.45. The van der Waals surface area contributed by atoms with Crippen molar-refractivity contribution in [3.8, 4) is 0 Å². The average molecular weight is 359 g/mol. The summed E-state index contributed by atoms with van der Waals surface area (Å²) in [6.45, 7) is 4.98. The first-order valence-corrected chi connectivity index (χ1v) is 8.86. The SMILES string of the molecule is CCNC(=O)C1CC(NC(=O)CO)CN1Cc1cn2ccc(C)cc2n1. The molecular formula is C18H25N5O3. The highest BCUT2D eigenvalue weighted by Gasteiger charge is 2.37. The third kappa shape index (κ3) is 4.03. The van der Waals surface area contributed by atoms with Crippen LogP contribution in [0.15, 0.2) is 24.5 Å². The molecule has 0 bridgehead atoms. The van der Waals surface area contributed by atoms with Crippen LogP contribution >= 0.6 is 0 Å². The first kappa shape index (κ1) is 18.3. The van der Waals surface area contributed by atoms with Crippen LogP contribution in [-0.2, 0) is 16.1 Å². The Kier molecular flexibility index (Phi) is 5.53. The molecule has 0 saturated carbocycles. The molecule has 2 aromatic rings. The minimum absolute atomic E-state index is 0.0483. The number of hydrogen-bond donors (Lipinski definition) is 3. The van der Waals surface area contributed by atoms with Crippen LogP contribution in [0.25, 0.3) is 5.65 Å². The highest BCUT2D eigenvalue weighted by Crippen LogP contribution is 2.21. The monoisotopic (exact) mass is 359 g/mol. The molecule has 0 spiro atoms. The highest BCUT2D eigenvalue weighted by molar-refractivity contribution is 5.82. The zero-order valence-corrected chi connectivity index (χ0v) is 15.1. The molecule has 1 saturated heterocycles. The number of imidazole rings is 1. The fourth-order valence-corrected chi connectivity index (χ4v) is 3.44. The van der Waals surface area contributed by atoms with Gasteiger partial charge >= 0.3 is 0 Å². The van der Waals surface area contributed by atoms with Crippen molar-refractivity contribution in [2.75, 3.05) is 19.7 Å². The summed E-state index contributed by atoms with van der Waals surface area (Å²) in [4.78, 5) is 30.6. The summed E-state index contributed by atoms with van der Waals surface area (Å²) < 4.78 is 1.96. The van der Waals surface area contributed by atoms with E-state index in [1.807, 2.05) is 47.7 Å². The molecule has 1 fully saturated rings. The Morgan fingerprint density at radius 3 is 2.96 bits per heavy atom. The quantitative estimate of drug-likeness (QED) is 0.665. The number of aromatic nitrogens is 2. The zero-order chi connectivity index (χ0) is 18.7. The molecule has 2 aromatic heterocycles. The van der Waals surface area contributed by atoms with Gasteiger partial charge in [0.15, 0.2) is 0 Å². The molecule has 3 rings (SSSR count). The largest absolute Gasteiger partial charge is 0.387 e. The molecule has 0 radical (unpaired) electrons. The minimum atomic E-state index is -0.548. The lowest BCUT2D eigenvalue weighted by Gasteiger charge is -2.22. The van der Waals surface area contributed by atoms with Gasteiger partial charge in [-0.1, -0.05) is 0 Å². The van der Waals surface area contributed by atoms with Crippen molar-refractivity contribution in [3.05, 3.63) is 35.8 Å². The topological polar surface area (TPSA) is 99.0 Å². The summed E-state index contributed by atoms with van der Waals surface area (Å²) in [5.74, 6) is -0.470. The normalized spacial score (nSPS) is 20.4. The van der Waals surface area contributed by atoms with Crippen LogP contribution in [0, 0.1) is 6.92 Å². The molecule has 2 unspecified atom stereocenters. The highest BCUT2D eigenvalue weighted by atomic mass is 16.3. The molecule has 26 heavy (non-hydrogen) atoms. The standard InChI is InChI=1S/C18H25N5O3/c1-3-19-18(26)15-7-13(21-17(25)11-24)8-23(15)10-14-9-22-5-4-12(2)6-16(22)20-14/h4-6,9,13,15,24H,3,7-8,10-11H2,1-2H3,(H,19,26)(H,21,25). The number of likely N-dealkylation sites (N-methyl/N-ethyl adjacent to an activating group) is 1. The van der Waals surface area contributed by atoms with Crippen molar-refractivity contribution in [3.63, 3.8) is 0 Å². The number of aliphatic hydroxyl groups excluding tert-OH is 1. The lowest BCUT2D eigenvalue weighted by Crippen LogP contribution is -2.42. The number of aryl methyl sites for hydroxylation is 1. The van der Waals surface area contributed by atoms with Gasteiger partial charge in [0, 0.05) is 38.1 Å².